The van der Waals surface area contributed by atoms with Crippen molar-refractivity contribution in [2.45, 2.75) is 57.5 Å². The number of piperidine rings is 1. The number of hydrazine groups is 1. The van der Waals surface area contributed by atoms with Gasteiger partial charge in [0, 0.05) is 18.6 Å². The van der Waals surface area contributed by atoms with Gasteiger partial charge in [0.25, 0.3) is 0 Å². The van der Waals surface area contributed by atoms with E-state index in [-0.39, 0.29) is 6.03 Å². The molecule has 2 rings (SSSR count). The fraction of sp³-hybridized carbons (Fsp3) is 0.909. The summed E-state index contributed by atoms with van der Waals surface area (Å²) in [4.78, 5) is 11.4. The van der Waals surface area contributed by atoms with Crippen molar-refractivity contribution >= 4 is 6.03 Å². The molecule has 2 aliphatic heterocycles. The molecule has 15 heavy (non-hydrogen) atoms. The highest BCUT2D eigenvalue weighted by Crippen LogP contribution is 2.36. The second-order valence-corrected chi connectivity index (χ2v) is 4.66. The summed E-state index contributed by atoms with van der Waals surface area (Å²) < 4.78 is 0. The smallest absolute Gasteiger partial charge is 0.329 e. The number of primary amides is 1. The molecule has 0 aromatic carbocycles. The van der Waals surface area contributed by atoms with Gasteiger partial charge in [-0.2, -0.15) is 0 Å². The van der Waals surface area contributed by atoms with Gasteiger partial charge in [-0.25, -0.2) is 9.80 Å². The highest BCUT2D eigenvalue weighted by Gasteiger charge is 2.40. The summed E-state index contributed by atoms with van der Waals surface area (Å²) >= 11 is 0. The zero-order valence-electron chi connectivity index (χ0n) is 9.48. The first kappa shape index (κ1) is 10.7. The van der Waals surface area contributed by atoms with Crippen LogP contribution in [-0.2, 0) is 0 Å². The van der Waals surface area contributed by atoms with Crippen LogP contribution in [0.5, 0.6) is 0 Å². The van der Waals surface area contributed by atoms with E-state index in [1.54, 1.807) is 5.01 Å². The predicted octanol–water partition coefficient (Wildman–Crippen LogP) is 1.71. The number of rotatable bonds is 3. The van der Waals surface area contributed by atoms with Gasteiger partial charge in [0.05, 0.1) is 0 Å². The Bertz CT molecular complexity index is 228. The Morgan fingerprint density at radius 3 is 2.40 bits per heavy atom. The fourth-order valence-corrected chi connectivity index (χ4v) is 3.04. The lowest BCUT2D eigenvalue weighted by atomic mass is 10.1. The Kier molecular flexibility index (Phi) is 3.14. The van der Waals surface area contributed by atoms with Crippen molar-refractivity contribution in [3.8, 4) is 0 Å². The maximum atomic E-state index is 11.4. The maximum Gasteiger partial charge on any atom is 0.329 e. The maximum absolute atomic E-state index is 11.4. The van der Waals surface area contributed by atoms with E-state index in [1.165, 1.54) is 32.1 Å². The molecule has 0 aromatic rings. The van der Waals surface area contributed by atoms with Crippen molar-refractivity contribution in [2.75, 3.05) is 6.54 Å². The Hall–Kier alpha value is -0.770. The summed E-state index contributed by atoms with van der Waals surface area (Å²) in [6.45, 7) is 2.85. The quantitative estimate of drug-likeness (QED) is 0.772. The highest BCUT2D eigenvalue weighted by atomic mass is 16.2. The Morgan fingerprint density at radius 2 is 1.93 bits per heavy atom. The monoisotopic (exact) mass is 211 g/mol. The Morgan fingerprint density at radius 1 is 1.33 bits per heavy atom. The van der Waals surface area contributed by atoms with Crippen LogP contribution in [0.4, 0.5) is 4.79 Å². The molecule has 0 aromatic heterocycles. The van der Waals surface area contributed by atoms with Crippen LogP contribution in [0.25, 0.3) is 0 Å². The number of carbonyl (C=O) groups excluding carboxylic acids is 1. The summed E-state index contributed by atoms with van der Waals surface area (Å²) in [6, 6.07) is 0.862. The van der Waals surface area contributed by atoms with Crippen LogP contribution in [0.15, 0.2) is 0 Å². The van der Waals surface area contributed by atoms with Crippen LogP contribution in [-0.4, -0.2) is 34.7 Å². The number of amides is 2. The van der Waals surface area contributed by atoms with Crippen LogP contribution in [0.1, 0.15) is 45.4 Å². The van der Waals surface area contributed by atoms with Crippen molar-refractivity contribution in [1.82, 2.24) is 10.0 Å². The second-order valence-electron chi connectivity index (χ2n) is 4.66. The standard InChI is InChI=1S/C11H21N3O/c1-2-8-13(11(12)15)14-9-4-3-5-10(14)7-6-9/h9-10H,2-8H2,1H3,(H2,12,15). The van der Waals surface area contributed by atoms with Gasteiger partial charge in [-0.1, -0.05) is 13.3 Å². The van der Waals surface area contributed by atoms with Gasteiger partial charge in [0.1, 0.15) is 0 Å². The van der Waals surface area contributed by atoms with Gasteiger partial charge in [0.2, 0.25) is 0 Å². The SMILES string of the molecule is CCCN(C(N)=O)N1C2CCCC1CC2. The molecule has 0 aliphatic carbocycles. The minimum absolute atomic E-state index is 0.282. The third-order valence-corrected chi connectivity index (χ3v) is 3.62. The zero-order valence-corrected chi connectivity index (χ0v) is 9.48. The van der Waals surface area contributed by atoms with E-state index in [9.17, 15) is 4.79 Å². The zero-order chi connectivity index (χ0) is 10.8. The Balaban J connectivity index is 2.09. The molecule has 0 radical (unpaired) electrons. The van der Waals surface area contributed by atoms with Crippen LogP contribution in [0.3, 0.4) is 0 Å². The van der Waals surface area contributed by atoms with E-state index >= 15 is 0 Å². The minimum atomic E-state index is -0.282. The third-order valence-electron chi connectivity index (χ3n) is 3.62. The average Bonchev–Trinajstić information content (AvgIpc) is 2.47. The predicted molar refractivity (Wildman–Crippen MR) is 59.1 cm³/mol. The number of nitrogens with zero attached hydrogens (tertiary/aromatic N) is 2. The fourth-order valence-electron chi connectivity index (χ4n) is 3.04. The van der Waals surface area contributed by atoms with Crippen LogP contribution in [0.2, 0.25) is 0 Å². The van der Waals surface area contributed by atoms with Crippen molar-refractivity contribution in [3.63, 3.8) is 0 Å². The summed E-state index contributed by atoms with van der Waals surface area (Å²) in [5.74, 6) is 0. The average molecular weight is 211 g/mol. The number of hydrogen-bond acceptors (Lipinski definition) is 2. The topological polar surface area (TPSA) is 49.6 Å². The van der Waals surface area contributed by atoms with E-state index in [0.717, 1.165) is 13.0 Å². The molecule has 86 valence electrons. The van der Waals surface area contributed by atoms with Crippen LogP contribution >= 0.6 is 0 Å². The number of nitrogens with two attached hydrogens (primary N) is 1. The van der Waals surface area contributed by atoms with Gasteiger partial charge in [-0.15, -0.1) is 0 Å². The summed E-state index contributed by atoms with van der Waals surface area (Å²) in [6.07, 6.45) is 7.20. The van der Waals surface area contributed by atoms with Gasteiger partial charge in [-0.3, -0.25) is 5.01 Å². The van der Waals surface area contributed by atoms with Crippen molar-refractivity contribution < 1.29 is 4.79 Å². The highest BCUT2D eigenvalue weighted by molar-refractivity contribution is 5.71. The molecule has 4 heteroatoms. The second kappa shape index (κ2) is 4.39. The molecule has 2 heterocycles. The lowest BCUT2D eigenvalue weighted by Gasteiger charge is -2.41. The molecule has 2 aliphatic rings. The molecule has 2 fully saturated rings. The number of hydrogen-bond donors (Lipinski definition) is 1. The molecular formula is C11H21N3O. The number of carbonyl (C=O) groups is 1. The first-order chi connectivity index (χ1) is 7.24. The summed E-state index contributed by atoms with van der Waals surface area (Å²) in [5.41, 5.74) is 5.45. The van der Waals surface area contributed by atoms with Gasteiger partial charge < -0.3 is 5.73 Å². The molecule has 4 nitrogen and oxygen atoms in total. The largest absolute Gasteiger partial charge is 0.350 e. The molecule has 2 saturated heterocycles. The lowest BCUT2D eigenvalue weighted by molar-refractivity contribution is -0.0475. The Labute approximate surface area is 91.4 Å². The molecule has 2 amide bonds. The van der Waals surface area contributed by atoms with Crippen molar-refractivity contribution in [3.05, 3.63) is 0 Å². The summed E-state index contributed by atoms with van der Waals surface area (Å²) in [7, 11) is 0. The van der Waals surface area contributed by atoms with Crippen molar-refractivity contribution in [1.29, 1.82) is 0 Å². The molecular weight excluding hydrogens is 190 g/mol. The van der Waals surface area contributed by atoms with Crippen LogP contribution in [0, 0.1) is 0 Å². The normalized spacial score (nSPS) is 30.5. The first-order valence-corrected chi connectivity index (χ1v) is 6.09. The lowest BCUT2D eigenvalue weighted by Crippen LogP contribution is -2.56. The number of fused-ring (bicyclic) bond motifs is 2. The molecule has 2 N–H and O–H groups in total. The molecule has 0 saturated carbocycles. The third kappa shape index (κ3) is 1.95. The molecule has 2 bridgehead atoms. The van der Waals surface area contributed by atoms with E-state index in [1.807, 2.05) is 0 Å². The minimum Gasteiger partial charge on any atom is -0.350 e. The molecule has 0 spiro atoms. The molecule has 2 atom stereocenters. The van der Waals surface area contributed by atoms with E-state index in [4.69, 9.17) is 5.73 Å². The van der Waals surface area contributed by atoms with E-state index in [2.05, 4.69) is 11.9 Å². The first-order valence-electron chi connectivity index (χ1n) is 6.09. The van der Waals surface area contributed by atoms with Gasteiger partial charge in [-0.05, 0) is 32.1 Å². The molecule has 2 unspecified atom stereocenters. The van der Waals surface area contributed by atoms with Gasteiger partial charge in [0.15, 0.2) is 0 Å². The number of urea groups is 1. The summed E-state index contributed by atoms with van der Waals surface area (Å²) in [5, 5.41) is 4.05. The van der Waals surface area contributed by atoms with Crippen molar-refractivity contribution in [2.24, 2.45) is 5.73 Å². The van der Waals surface area contributed by atoms with E-state index < -0.39 is 0 Å². The van der Waals surface area contributed by atoms with Gasteiger partial charge >= 0.3 is 6.03 Å². The van der Waals surface area contributed by atoms with Crippen LogP contribution < -0.4 is 5.73 Å². The van der Waals surface area contributed by atoms with E-state index in [0.29, 0.717) is 12.1 Å².